The van der Waals surface area contributed by atoms with Crippen LogP contribution in [0.25, 0.3) is 28.1 Å². The molecule has 0 spiro atoms. The summed E-state index contributed by atoms with van der Waals surface area (Å²) in [7, 11) is -8.69. The topological polar surface area (TPSA) is 343 Å². The number of aromatic nitrogens is 10. The Morgan fingerprint density at radius 3 is 1.15 bits per heavy atom. The van der Waals surface area contributed by atoms with Crippen LogP contribution in [-0.4, -0.2) is 181 Å². The standard InChI is InChI=1S/C26H31N7O3S.C25H30ClN5O3S.C23H29N7O3S/c1-26(2,3)22-16-23(29-25(34)30-24-27-20-6-4-5-7-21(20)28-24)33(31-22)19-10-8-18(9-11-19)17-32-12-14-37(35,36)15-13-32;1-25(2,3)22-16-23(28-24(32)27-20-8-6-19(26)7-9-20)31(29-22)21-10-4-18(5-11-21)17-30-12-14-35(33,34)15-13-30;1-23(2,3)19-14-21(27-22(31)26-20-8-9-24-16-25-20)30(28-19)18-6-4-17(5-7-18)15-29-10-12-34(32,33)13-11-29/h4-11,16H,12-15,17H2,1-3H3,(H3,27,28,29,30,34);4-11,16H,12-15,17H2,1-3H3,(H2,27,28,32);4-9,14,16H,10-13,15H2,1-3H3,(H2,24,25,26,27,31). The molecule has 0 atom stereocenters. The van der Waals surface area contributed by atoms with Crippen LogP contribution in [0.3, 0.4) is 0 Å². The number of fused-ring (bicyclic) bond motifs is 1. The molecule has 8 heterocycles. The highest BCUT2D eigenvalue weighted by Crippen LogP contribution is 2.31. The van der Waals surface area contributed by atoms with E-state index >= 15 is 0 Å². The van der Waals surface area contributed by atoms with Gasteiger partial charge in [-0.05, 0) is 95.6 Å². The van der Waals surface area contributed by atoms with Crippen molar-refractivity contribution in [3.05, 3.63) is 197 Å². The maximum absolute atomic E-state index is 12.9. The monoisotopic (exact) mass is 1520 g/mol. The molecular formula is C74H90ClN19O9S3. The van der Waals surface area contributed by atoms with Gasteiger partial charge in [-0.1, -0.05) is 122 Å². The average molecular weight is 1520 g/mol. The van der Waals surface area contributed by atoms with Gasteiger partial charge in [-0.2, -0.15) is 15.3 Å². The number of sulfone groups is 3. The molecule has 560 valence electrons. The van der Waals surface area contributed by atoms with Gasteiger partial charge in [0, 0.05) is 110 Å². The number of carbonyl (C=O) groups excluding carboxylic acids is 3. The molecule has 3 aliphatic rings. The summed E-state index contributed by atoms with van der Waals surface area (Å²) in [5, 5.41) is 31.8. The fraction of sp³-hybridized carbons (Fsp3) is 0.365. The minimum atomic E-state index is -2.90. The number of urea groups is 3. The number of H-pyrrole nitrogens is 1. The number of nitrogens with one attached hydrogen (secondary N) is 7. The number of nitrogens with zero attached hydrogens (tertiary/aromatic N) is 12. The van der Waals surface area contributed by atoms with Gasteiger partial charge in [0.05, 0.1) is 79.7 Å². The summed E-state index contributed by atoms with van der Waals surface area (Å²) in [5.41, 5.74) is 9.80. The summed E-state index contributed by atoms with van der Waals surface area (Å²) in [6.45, 7) is 24.0. The lowest BCUT2D eigenvalue weighted by molar-refractivity contribution is 0.261. The smallest absolute Gasteiger partial charge is 0.324 e. The van der Waals surface area contributed by atoms with Crippen LogP contribution >= 0.6 is 11.6 Å². The number of carbonyl (C=O) groups is 3. The van der Waals surface area contributed by atoms with Gasteiger partial charge in [0.25, 0.3) is 0 Å². The van der Waals surface area contributed by atoms with Crippen LogP contribution in [0.2, 0.25) is 5.02 Å². The molecule has 106 heavy (non-hydrogen) atoms. The zero-order valence-corrected chi connectivity index (χ0v) is 64.0. The van der Waals surface area contributed by atoms with Gasteiger partial charge in [0.15, 0.2) is 29.5 Å². The lowest BCUT2D eigenvalue weighted by Gasteiger charge is -2.26. The first-order chi connectivity index (χ1) is 50.1. The van der Waals surface area contributed by atoms with Crippen molar-refractivity contribution in [2.24, 2.45) is 0 Å². The van der Waals surface area contributed by atoms with Crippen LogP contribution in [-0.2, 0) is 65.4 Å². The van der Waals surface area contributed by atoms with E-state index in [4.69, 9.17) is 26.9 Å². The fourth-order valence-electron chi connectivity index (χ4n) is 11.5. The highest BCUT2D eigenvalue weighted by Gasteiger charge is 2.28. The van der Waals surface area contributed by atoms with E-state index in [-0.39, 0.29) is 56.8 Å². The van der Waals surface area contributed by atoms with Crippen LogP contribution in [0.5, 0.6) is 0 Å². The van der Waals surface area contributed by atoms with Crippen molar-refractivity contribution < 1.29 is 39.6 Å². The maximum Gasteiger partial charge on any atom is 0.327 e. The Balaban J connectivity index is 0.000000159. The number of halogens is 1. The Hall–Kier alpha value is -9.89. The van der Waals surface area contributed by atoms with Crippen LogP contribution in [0, 0.1) is 0 Å². The van der Waals surface area contributed by atoms with Crippen molar-refractivity contribution in [2.45, 2.75) is 98.2 Å². The predicted molar refractivity (Wildman–Crippen MR) is 416 cm³/mol. The van der Waals surface area contributed by atoms with Gasteiger partial charge in [-0.25, -0.2) is 68.6 Å². The van der Waals surface area contributed by atoms with E-state index in [2.05, 4.69) is 129 Å². The third-order valence-electron chi connectivity index (χ3n) is 17.8. The van der Waals surface area contributed by atoms with E-state index in [1.807, 2.05) is 115 Å². The van der Waals surface area contributed by atoms with E-state index in [0.29, 0.717) is 98.8 Å². The number of para-hydroxylation sites is 2. The van der Waals surface area contributed by atoms with Gasteiger partial charge in [-0.3, -0.25) is 41.3 Å². The maximum atomic E-state index is 12.9. The summed E-state index contributed by atoms with van der Waals surface area (Å²) in [6, 6.07) is 44.2. The number of amides is 6. The zero-order valence-electron chi connectivity index (χ0n) is 60.8. The van der Waals surface area contributed by atoms with Crippen LogP contribution in [0.15, 0.2) is 158 Å². The molecule has 5 aromatic carbocycles. The molecule has 28 nitrogen and oxygen atoms in total. The Morgan fingerprint density at radius 1 is 0.443 bits per heavy atom. The average Bonchev–Trinajstić information content (AvgIpc) is 1.67. The quantitative estimate of drug-likeness (QED) is 0.0501. The van der Waals surface area contributed by atoms with E-state index in [1.165, 1.54) is 6.33 Å². The number of aromatic amines is 1. The highest BCUT2D eigenvalue weighted by molar-refractivity contribution is 7.92. The van der Waals surface area contributed by atoms with E-state index in [9.17, 15) is 39.6 Å². The molecule has 5 aromatic heterocycles. The van der Waals surface area contributed by atoms with Crippen molar-refractivity contribution in [1.29, 1.82) is 0 Å². The van der Waals surface area contributed by atoms with E-state index in [1.54, 1.807) is 50.6 Å². The number of imidazole rings is 1. The van der Waals surface area contributed by atoms with Crippen LogP contribution in [0.4, 0.5) is 49.3 Å². The van der Waals surface area contributed by atoms with Gasteiger partial charge in [0.2, 0.25) is 5.95 Å². The Labute approximate surface area is 622 Å². The molecule has 3 fully saturated rings. The predicted octanol–water partition coefficient (Wildman–Crippen LogP) is 11.5. The number of benzene rings is 5. The zero-order chi connectivity index (χ0) is 75.8. The first kappa shape index (κ1) is 77.2. The lowest BCUT2D eigenvalue weighted by Crippen LogP contribution is -2.39. The Morgan fingerprint density at radius 2 is 0.802 bits per heavy atom. The molecule has 3 saturated heterocycles. The second-order valence-electron chi connectivity index (χ2n) is 29.5. The largest absolute Gasteiger partial charge is 0.327 e. The SMILES string of the molecule is CC(C)(C)c1cc(NC(=O)Nc2ccc(Cl)cc2)n(-c2ccc(CN3CCS(=O)(=O)CC3)cc2)n1.CC(C)(C)c1cc(NC(=O)Nc2ccncn2)n(-c2ccc(CN3CCS(=O)(=O)CC3)cc2)n1.CC(C)(C)c1cc(NC(=O)Nc2nc3ccccc3[nH]2)n(-c2ccc(CN3CCS(=O)(=O)CC3)cc2)n1. The second kappa shape index (κ2) is 32.5. The van der Waals surface area contributed by atoms with Gasteiger partial charge in [0.1, 0.15) is 29.6 Å². The minimum absolute atomic E-state index is 0.205. The third kappa shape index (κ3) is 21.4. The molecule has 0 saturated carbocycles. The second-order valence-corrected chi connectivity index (χ2v) is 36.8. The molecule has 10 aromatic rings. The molecule has 3 aliphatic heterocycles. The number of hydrogen-bond acceptors (Lipinski definition) is 18. The molecule has 0 aliphatic carbocycles. The van der Waals surface area contributed by atoms with E-state index < -0.39 is 41.6 Å². The fourth-order valence-corrected chi connectivity index (χ4v) is 15.5. The number of rotatable bonds is 15. The Kier molecular flexibility index (Phi) is 23.6. The summed E-state index contributed by atoms with van der Waals surface area (Å²) in [6.07, 6.45) is 2.91. The van der Waals surface area contributed by atoms with Crippen molar-refractivity contribution in [2.75, 3.05) is 106 Å². The first-order valence-corrected chi connectivity index (χ1v) is 40.6. The van der Waals surface area contributed by atoms with Crippen molar-refractivity contribution in [3.63, 3.8) is 0 Å². The summed E-state index contributed by atoms with van der Waals surface area (Å²) < 4.78 is 75.2. The number of hydrogen-bond donors (Lipinski definition) is 7. The van der Waals surface area contributed by atoms with Crippen molar-refractivity contribution in [3.8, 4) is 17.1 Å². The van der Waals surface area contributed by atoms with Gasteiger partial charge >= 0.3 is 18.1 Å². The summed E-state index contributed by atoms with van der Waals surface area (Å²) >= 11 is 5.92. The molecule has 32 heteroatoms. The molecule has 0 radical (unpaired) electrons. The Bertz CT molecular complexity index is 5020. The lowest BCUT2D eigenvalue weighted by atomic mass is 9.92. The number of anilines is 6. The van der Waals surface area contributed by atoms with Crippen LogP contribution < -0.4 is 31.9 Å². The van der Waals surface area contributed by atoms with Gasteiger partial charge in [-0.15, -0.1) is 0 Å². The molecule has 0 unspecified atom stereocenters. The first-order valence-electron chi connectivity index (χ1n) is 34.7. The summed E-state index contributed by atoms with van der Waals surface area (Å²) in [4.78, 5) is 59.9. The summed E-state index contributed by atoms with van der Waals surface area (Å²) in [5.74, 6) is 3.62. The molecule has 0 bridgehead atoms. The molecule has 7 N–H and O–H groups in total. The molecular weight excluding hydrogens is 1430 g/mol. The normalized spacial score (nSPS) is 16.1. The third-order valence-corrected chi connectivity index (χ3v) is 22.9. The van der Waals surface area contributed by atoms with Crippen molar-refractivity contribution >= 4 is 105 Å². The van der Waals surface area contributed by atoms with Crippen molar-refractivity contribution in [1.82, 2.24) is 64.0 Å². The van der Waals surface area contributed by atoms with E-state index in [0.717, 1.165) is 61.9 Å². The highest BCUT2D eigenvalue weighted by atomic mass is 35.5. The minimum Gasteiger partial charge on any atom is -0.324 e. The molecule has 13 rings (SSSR count). The van der Waals surface area contributed by atoms with Crippen LogP contribution in [0.1, 0.15) is 96.1 Å². The molecule has 6 amide bonds. The van der Waals surface area contributed by atoms with Gasteiger partial charge < -0.3 is 10.3 Å².